The number of carbonyl (C=O) groups excluding carboxylic acids is 3. The van der Waals surface area contributed by atoms with Gasteiger partial charge in [0.25, 0.3) is 0 Å². The van der Waals surface area contributed by atoms with Gasteiger partial charge in [-0.1, -0.05) is 26.2 Å². The lowest BCUT2D eigenvalue weighted by atomic mass is 10.1. The van der Waals surface area contributed by atoms with Crippen molar-refractivity contribution in [3.05, 3.63) is 0 Å². The summed E-state index contributed by atoms with van der Waals surface area (Å²) in [5.74, 6) is -0.747. The number of methoxy groups -OCH3 is 1. The number of hydrogen-bond acceptors (Lipinski definition) is 5. The molecule has 0 bridgehead atoms. The second-order valence-corrected chi connectivity index (χ2v) is 6.67. The number of nitrogens with one attached hydrogen (secondary N) is 2. The van der Waals surface area contributed by atoms with Gasteiger partial charge in [0.1, 0.15) is 11.6 Å². The van der Waals surface area contributed by atoms with E-state index in [0.29, 0.717) is 6.54 Å². The number of amides is 2. The van der Waals surface area contributed by atoms with Gasteiger partial charge in [-0.25, -0.2) is 9.59 Å². The minimum atomic E-state index is -0.907. The van der Waals surface area contributed by atoms with Gasteiger partial charge in [-0.05, 0) is 33.6 Å². The summed E-state index contributed by atoms with van der Waals surface area (Å²) in [6.45, 7) is 7.94. The zero-order valence-electron chi connectivity index (χ0n) is 15.6. The molecule has 0 heterocycles. The Kier molecular flexibility index (Phi) is 10.8. The predicted octanol–water partition coefficient (Wildman–Crippen LogP) is 2.53. The number of rotatable bonds is 10. The van der Waals surface area contributed by atoms with Crippen molar-refractivity contribution in [1.29, 1.82) is 0 Å². The van der Waals surface area contributed by atoms with Crippen molar-refractivity contribution < 1.29 is 23.9 Å². The molecule has 0 fully saturated rings. The fourth-order valence-electron chi connectivity index (χ4n) is 1.98. The van der Waals surface area contributed by atoms with E-state index in [-0.39, 0.29) is 18.7 Å². The molecule has 0 saturated carbocycles. The van der Waals surface area contributed by atoms with Crippen molar-refractivity contribution in [2.45, 2.75) is 77.9 Å². The van der Waals surface area contributed by atoms with Crippen LogP contribution in [-0.4, -0.2) is 43.3 Å². The fourth-order valence-corrected chi connectivity index (χ4v) is 1.98. The summed E-state index contributed by atoms with van der Waals surface area (Å²) >= 11 is 0. The van der Waals surface area contributed by atoms with Gasteiger partial charge in [0.05, 0.1) is 7.11 Å². The van der Waals surface area contributed by atoms with Crippen LogP contribution in [0.2, 0.25) is 0 Å². The maximum Gasteiger partial charge on any atom is 0.408 e. The minimum absolute atomic E-state index is 0.128. The first kappa shape index (κ1) is 22.2. The molecule has 24 heavy (non-hydrogen) atoms. The topological polar surface area (TPSA) is 93.7 Å². The fraction of sp³-hybridized carbons (Fsp3) is 0.824. The van der Waals surface area contributed by atoms with Crippen molar-refractivity contribution in [2.75, 3.05) is 13.7 Å². The normalized spacial score (nSPS) is 12.2. The van der Waals surface area contributed by atoms with E-state index in [9.17, 15) is 14.4 Å². The Morgan fingerprint density at radius 3 is 2.29 bits per heavy atom. The van der Waals surface area contributed by atoms with Crippen LogP contribution in [0, 0.1) is 0 Å². The molecule has 0 saturated heterocycles. The van der Waals surface area contributed by atoms with Crippen molar-refractivity contribution in [1.82, 2.24) is 10.6 Å². The van der Waals surface area contributed by atoms with Crippen molar-refractivity contribution >= 4 is 18.0 Å². The zero-order valence-corrected chi connectivity index (χ0v) is 15.6. The largest absolute Gasteiger partial charge is 0.467 e. The van der Waals surface area contributed by atoms with E-state index >= 15 is 0 Å². The highest BCUT2D eigenvalue weighted by atomic mass is 16.6. The Morgan fingerprint density at radius 2 is 1.75 bits per heavy atom. The number of unbranched alkanes of at least 4 members (excludes halogenated alkanes) is 3. The van der Waals surface area contributed by atoms with Crippen molar-refractivity contribution in [3.63, 3.8) is 0 Å². The van der Waals surface area contributed by atoms with Crippen LogP contribution in [-0.2, 0) is 19.1 Å². The molecule has 2 amide bonds. The lowest BCUT2D eigenvalue weighted by Crippen LogP contribution is -2.44. The van der Waals surface area contributed by atoms with Gasteiger partial charge in [-0.15, -0.1) is 0 Å². The molecule has 0 aromatic heterocycles. The van der Waals surface area contributed by atoms with Gasteiger partial charge >= 0.3 is 12.1 Å². The monoisotopic (exact) mass is 344 g/mol. The lowest BCUT2D eigenvalue weighted by molar-refractivity contribution is -0.143. The highest BCUT2D eigenvalue weighted by Crippen LogP contribution is 2.08. The molecule has 0 aromatic carbocycles. The van der Waals surface area contributed by atoms with Crippen LogP contribution in [0.25, 0.3) is 0 Å². The molecule has 0 aliphatic heterocycles. The Balaban J connectivity index is 4.26. The molecule has 1 atom stereocenters. The highest BCUT2D eigenvalue weighted by molar-refractivity contribution is 5.82. The Labute approximate surface area is 144 Å². The lowest BCUT2D eigenvalue weighted by Gasteiger charge is -2.22. The van der Waals surface area contributed by atoms with Gasteiger partial charge in [0.15, 0.2) is 0 Å². The number of hydrogen-bond donors (Lipinski definition) is 2. The summed E-state index contributed by atoms with van der Waals surface area (Å²) in [6.07, 6.45) is 3.90. The molecule has 0 radical (unpaired) electrons. The molecular weight excluding hydrogens is 312 g/mol. The van der Waals surface area contributed by atoms with Crippen LogP contribution in [0.1, 0.15) is 66.2 Å². The number of carbonyl (C=O) groups is 3. The van der Waals surface area contributed by atoms with Crippen LogP contribution in [0.3, 0.4) is 0 Å². The van der Waals surface area contributed by atoms with E-state index in [1.807, 2.05) is 0 Å². The summed E-state index contributed by atoms with van der Waals surface area (Å²) in [5, 5.41) is 5.26. The molecule has 140 valence electrons. The second-order valence-electron chi connectivity index (χ2n) is 6.67. The Bertz CT molecular complexity index is 404. The van der Waals surface area contributed by atoms with Gasteiger partial charge in [0.2, 0.25) is 5.91 Å². The standard InChI is InChI=1S/C17H32N2O5/c1-6-7-8-9-12-18-14(20)11-10-13(15(21)23-5)19-16(22)24-17(2,3)4/h13H,6-12H2,1-5H3,(H,18,20)(H,19,22)/t13-/m1/s1. The molecule has 7 heteroatoms. The van der Waals surface area contributed by atoms with Crippen LogP contribution in [0.5, 0.6) is 0 Å². The molecule has 0 rings (SSSR count). The van der Waals surface area contributed by atoms with Crippen LogP contribution >= 0.6 is 0 Å². The van der Waals surface area contributed by atoms with Crippen LogP contribution < -0.4 is 10.6 Å². The first-order valence-corrected chi connectivity index (χ1v) is 8.53. The third-order valence-corrected chi connectivity index (χ3v) is 3.19. The molecule has 0 aliphatic carbocycles. The SMILES string of the molecule is CCCCCCNC(=O)CC[C@@H](NC(=O)OC(C)(C)C)C(=O)OC. The van der Waals surface area contributed by atoms with Crippen LogP contribution in [0.15, 0.2) is 0 Å². The molecule has 0 unspecified atom stereocenters. The van der Waals surface area contributed by atoms with Gasteiger partial charge in [-0.2, -0.15) is 0 Å². The number of ether oxygens (including phenoxy) is 2. The van der Waals surface area contributed by atoms with E-state index in [4.69, 9.17) is 4.74 Å². The summed E-state index contributed by atoms with van der Waals surface area (Å²) in [5.41, 5.74) is -0.666. The maximum absolute atomic E-state index is 11.8. The second kappa shape index (κ2) is 11.7. The molecule has 2 N–H and O–H groups in total. The summed E-state index contributed by atoms with van der Waals surface area (Å²) in [6, 6.07) is -0.907. The average molecular weight is 344 g/mol. The molecule has 7 nitrogen and oxygen atoms in total. The number of alkyl carbamates (subject to hydrolysis) is 1. The Morgan fingerprint density at radius 1 is 1.08 bits per heavy atom. The quantitative estimate of drug-likeness (QED) is 0.469. The first-order valence-electron chi connectivity index (χ1n) is 8.53. The predicted molar refractivity (Wildman–Crippen MR) is 91.6 cm³/mol. The summed E-state index contributed by atoms with van der Waals surface area (Å²) in [4.78, 5) is 35.3. The summed E-state index contributed by atoms with van der Waals surface area (Å²) < 4.78 is 9.77. The Hall–Kier alpha value is -1.79. The minimum Gasteiger partial charge on any atom is -0.467 e. The van der Waals surface area contributed by atoms with Crippen molar-refractivity contribution in [3.8, 4) is 0 Å². The smallest absolute Gasteiger partial charge is 0.408 e. The molecule has 0 aromatic rings. The third-order valence-electron chi connectivity index (χ3n) is 3.19. The van der Waals surface area contributed by atoms with Gasteiger partial charge < -0.3 is 20.1 Å². The maximum atomic E-state index is 11.8. The highest BCUT2D eigenvalue weighted by Gasteiger charge is 2.25. The molecular formula is C17H32N2O5. The van der Waals surface area contributed by atoms with E-state index < -0.39 is 23.7 Å². The van der Waals surface area contributed by atoms with Crippen molar-refractivity contribution in [2.24, 2.45) is 0 Å². The van der Waals surface area contributed by atoms with E-state index in [2.05, 4.69) is 22.3 Å². The molecule has 0 aliphatic rings. The average Bonchev–Trinajstić information content (AvgIpc) is 2.48. The third kappa shape index (κ3) is 11.7. The van der Waals surface area contributed by atoms with Gasteiger partial charge in [-0.3, -0.25) is 4.79 Å². The first-order chi connectivity index (χ1) is 11.2. The van der Waals surface area contributed by atoms with E-state index in [1.165, 1.54) is 7.11 Å². The van der Waals surface area contributed by atoms with Gasteiger partial charge in [0, 0.05) is 13.0 Å². The zero-order chi connectivity index (χ0) is 18.6. The van der Waals surface area contributed by atoms with E-state index in [0.717, 1.165) is 25.7 Å². The number of esters is 1. The summed E-state index contributed by atoms with van der Waals surface area (Å²) in [7, 11) is 1.24. The van der Waals surface area contributed by atoms with E-state index in [1.54, 1.807) is 20.8 Å². The van der Waals surface area contributed by atoms with Crippen LogP contribution in [0.4, 0.5) is 4.79 Å². The molecule has 0 spiro atoms.